The van der Waals surface area contributed by atoms with E-state index in [2.05, 4.69) is 5.32 Å². The molecule has 4 nitrogen and oxygen atoms in total. The van der Waals surface area contributed by atoms with Crippen LogP contribution in [0.5, 0.6) is 0 Å². The second kappa shape index (κ2) is 5.34. The van der Waals surface area contributed by atoms with E-state index in [9.17, 15) is 9.00 Å². The van der Waals surface area contributed by atoms with Crippen LogP contribution >= 0.6 is 0 Å². The summed E-state index contributed by atoms with van der Waals surface area (Å²) < 4.78 is 11.0. The Kier molecular flexibility index (Phi) is 4.38. The normalized spacial score (nSPS) is 19.0. The van der Waals surface area contributed by atoms with E-state index < -0.39 is 10.8 Å². The highest BCUT2D eigenvalue weighted by atomic mass is 32.2. The molecule has 0 atom stereocenters. The summed E-state index contributed by atoms with van der Waals surface area (Å²) in [5.41, 5.74) is 0. The molecule has 1 saturated heterocycles. The number of rotatable bonds is 3. The van der Waals surface area contributed by atoms with Crippen LogP contribution in [0.4, 0.5) is 0 Å². The molecule has 1 aliphatic heterocycles. The molecular weight excluding hydrogens is 188 g/mol. The molecular formula is C8H16N2O2S. The van der Waals surface area contributed by atoms with Gasteiger partial charge in [-0.3, -0.25) is 9.00 Å². The minimum atomic E-state index is -0.697. The van der Waals surface area contributed by atoms with E-state index in [1.165, 1.54) is 0 Å². The summed E-state index contributed by atoms with van der Waals surface area (Å²) in [6, 6.07) is 0. The van der Waals surface area contributed by atoms with E-state index in [1.54, 1.807) is 4.90 Å². The van der Waals surface area contributed by atoms with E-state index in [0.717, 1.165) is 6.54 Å². The summed E-state index contributed by atoms with van der Waals surface area (Å²) >= 11 is 0. The van der Waals surface area contributed by atoms with E-state index in [-0.39, 0.29) is 5.91 Å². The number of hydrogen-bond acceptors (Lipinski definition) is 3. The molecule has 0 unspecified atom stereocenters. The van der Waals surface area contributed by atoms with Crippen LogP contribution in [0, 0.1) is 0 Å². The van der Waals surface area contributed by atoms with Gasteiger partial charge in [0.25, 0.3) is 0 Å². The largest absolute Gasteiger partial charge is 0.340 e. The van der Waals surface area contributed by atoms with Crippen molar-refractivity contribution in [1.29, 1.82) is 0 Å². The topological polar surface area (TPSA) is 49.4 Å². The summed E-state index contributed by atoms with van der Waals surface area (Å²) in [7, 11) is -0.697. The Bertz CT molecular complexity index is 198. The number of likely N-dealkylation sites (N-methyl/N-ethyl adjacent to an activating group) is 1. The highest BCUT2D eigenvalue weighted by Gasteiger charge is 2.18. The Morgan fingerprint density at radius 2 is 2.08 bits per heavy atom. The van der Waals surface area contributed by atoms with Gasteiger partial charge in [-0.15, -0.1) is 0 Å². The second-order valence-corrected chi connectivity index (χ2v) is 4.71. The van der Waals surface area contributed by atoms with Crippen LogP contribution < -0.4 is 5.32 Å². The summed E-state index contributed by atoms with van der Waals surface area (Å²) in [5, 5.41) is 2.99. The molecule has 1 heterocycles. The standard InChI is InChI=1S/C8H16N2O2S/c1-2-9-7-8(11)10-3-5-13(12)6-4-10/h9H,2-7H2,1H3. The van der Waals surface area contributed by atoms with Crippen molar-refractivity contribution < 1.29 is 9.00 Å². The lowest BCUT2D eigenvalue weighted by atomic mass is 10.4. The third-order valence-electron chi connectivity index (χ3n) is 2.06. The quantitative estimate of drug-likeness (QED) is 0.654. The van der Waals surface area contributed by atoms with Gasteiger partial charge >= 0.3 is 0 Å². The molecule has 1 fully saturated rings. The van der Waals surface area contributed by atoms with Gasteiger partial charge in [-0.1, -0.05) is 6.92 Å². The third kappa shape index (κ3) is 3.44. The van der Waals surface area contributed by atoms with Crippen molar-refractivity contribution in [2.75, 3.05) is 37.7 Å². The molecule has 1 rings (SSSR count). The zero-order valence-corrected chi connectivity index (χ0v) is 8.73. The fourth-order valence-corrected chi connectivity index (χ4v) is 2.28. The smallest absolute Gasteiger partial charge is 0.236 e. The van der Waals surface area contributed by atoms with Crippen LogP contribution in [-0.4, -0.2) is 52.7 Å². The summed E-state index contributed by atoms with van der Waals surface area (Å²) in [4.78, 5) is 13.2. The Morgan fingerprint density at radius 3 is 2.62 bits per heavy atom. The minimum Gasteiger partial charge on any atom is -0.340 e. The van der Waals surface area contributed by atoms with E-state index in [1.807, 2.05) is 6.92 Å². The van der Waals surface area contributed by atoms with Crippen LogP contribution in [0.1, 0.15) is 6.92 Å². The number of carbonyl (C=O) groups excluding carboxylic acids is 1. The number of hydrogen-bond donors (Lipinski definition) is 1. The van der Waals surface area contributed by atoms with Crippen molar-refractivity contribution in [2.24, 2.45) is 0 Å². The molecule has 0 spiro atoms. The molecule has 5 heteroatoms. The predicted octanol–water partition coefficient (Wildman–Crippen LogP) is -0.813. The van der Waals surface area contributed by atoms with Gasteiger partial charge in [-0.05, 0) is 6.54 Å². The number of nitrogens with zero attached hydrogens (tertiary/aromatic N) is 1. The van der Waals surface area contributed by atoms with Crippen molar-refractivity contribution in [3.63, 3.8) is 0 Å². The Hall–Kier alpha value is -0.420. The summed E-state index contributed by atoms with van der Waals surface area (Å²) in [5.74, 6) is 1.40. The van der Waals surface area contributed by atoms with Gasteiger partial charge < -0.3 is 10.2 Å². The van der Waals surface area contributed by atoms with E-state index >= 15 is 0 Å². The van der Waals surface area contributed by atoms with Crippen molar-refractivity contribution >= 4 is 16.7 Å². The SMILES string of the molecule is CCNCC(=O)N1CCS(=O)CC1. The lowest BCUT2D eigenvalue weighted by Crippen LogP contribution is -2.45. The first-order valence-corrected chi connectivity index (χ1v) is 6.06. The molecule has 1 N–H and O–H groups in total. The van der Waals surface area contributed by atoms with Crippen molar-refractivity contribution in [1.82, 2.24) is 10.2 Å². The average Bonchev–Trinajstić information content (AvgIpc) is 2.15. The molecule has 0 aromatic heterocycles. The maximum atomic E-state index is 11.4. The molecule has 0 aliphatic carbocycles. The van der Waals surface area contributed by atoms with Crippen LogP contribution in [0.3, 0.4) is 0 Å². The molecule has 76 valence electrons. The van der Waals surface area contributed by atoms with E-state index in [0.29, 0.717) is 31.1 Å². The van der Waals surface area contributed by atoms with Crippen molar-refractivity contribution in [3.8, 4) is 0 Å². The van der Waals surface area contributed by atoms with Gasteiger partial charge in [-0.2, -0.15) is 0 Å². The number of carbonyl (C=O) groups is 1. The van der Waals surface area contributed by atoms with Gasteiger partial charge in [0.1, 0.15) is 0 Å². The maximum Gasteiger partial charge on any atom is 0.236 e. The van der Waals surface area contributed by atoms with Gasteiger partial charge in [0, 0.05) is 35.4 Å². The molecule has 1 aliphatic rings. The first-order valence-electron chi connectivity index (χ1n) is 4.57. The Morgan fingerprint density at radius 1 is 1.46 bits per heavy atom. The molecule has 13 heavy (non-hydrogen) atoms. The van der Waals surface area contributed by atoms with Crippen LogP contribution in [0.2, 0.25) is 0 Å². The summed E-state index contributed by atoms with van der Waals surface area (Å²) in [6.45, 7) is 4.49. The molecule has 0 saturated carbocycles. The van der Waals surface area contributed by atoms with Gasteiger partial charge in [-0.25, -0.2) is 0 Å². The molecule has 0 aromatic carbocycles. The lowest BCUT2D eigenvalue weighted by Gasteiger charge is -2.26. The minimum absolute atomic E-state index is 0.124. The third-order valence-corrected chi connectivity index (χ3v) is 3.33. The van der Waals surface area contributed by atoms with Crippen LogP contribution in [0.15, 0.2) is 0 Å². The van der Waals surface area contributed by atoms with Gasteiger partial charge in [0.05, 0.1) is 6.54 Å². The number of nitrogens with one attached hydrogen (secondary N) is 1. The first-order chi connectivity index (χ1) is 6.24. The zero-order chi connectivity index (χ0) is 9.68. The number of amides is 1. The second-order valence-electron chi connectivity index (χ2n) is 3.01. The monoisotopic (exact) mass is 204 g/mol. The molecule has 0 radical (unpaired) electrons. The van der Waals surface area contributed by atoms with Gasteiger partial charge in [0.2, 0.25) is 5.91 Å². The summed E-state index contributed by atoms with van der Waals surface area (Å²) in [6.07, 6.45) is 0. The maximum absolute atomic E-state index is 11.4. The Balaban J connectivity index is 2.27. The predicted molar refractivity (Wildman–Crippen MR) is 53.0 cm³/mol. The van der Waals surface area contributed by atoms with Crippen LogP contribution in [-0.2, 0) is 15.6 Å². The van der Waals surface area contributed by atoms with Gasteiger partial charge in [0.15, 0.2) is 0 Å². The fraction of sp³-hybridized carbons (Fsp3) is 0.875. The zero-order valence-electron chi connectivity index (χ0n) is 7.91. The Labute approximate surface area is 81.1 Å². The fourth-order valence-electron chi connectivity index (χ4n) is 1.23. The van der Waals surface area contributed by atoms with Crippen molar-refractivity contribution in [2.45, 2.75) is 6.92 Å². The highest BCUT2D eigenvalue weighted by molar-refractivity contribution is 7.85. The average molecular weight is 204 g/mol. The van der Waals surface area contributed by atoms with Crippen LogP contribution in [0.25, 0.3) is 0 Å². The van der Waals surface area contributed by atoms with Crippen molar-refractivity contribution in [3.05, 3.63) is 0 Å². The lowest BCUT2D eigenvalue weighted by molar-refractivity contribution is -0.129. The first kappa shape index (κ1) is 10.7. The molecule has 0 aromatic rings. The molecule has 0 bridgehead atoms. The molecule has 1 amide bonds. The highest BCUT2D eigenvalue weighted by Crippen LogP contribution is 1.99. The van der Waals surface area contributed by atoms with E-state index in [4.69, 9.17) is 0 Å².